The Morgan fingerprint density at radius 3 is 2.28 bits per heavy atom. The maximum atomic E-state index is 13.3. The number of hydrogen-bond acceptors (Lipinski definition) is 3. The summed E-state index contributed by atoms with van der Waals surface area (Å²) < 4.78 is 13.2. The van der Waals surface area contributed by atoms with Crippen LogP contribution in [0.5, 0.6) is 0 Å². The van der Waals surface area contributed by atoms with Gasteiger partial charge in [0.2, 0.25) is 0 Å². The molecule has 3 aromatic rings. The van der Waals surface area contributed by atoms with Crippen molar-refractivity contribution in [2.45, 2.75) is 20.3 Å². The molecule has 4 nitrogen and oxygen atoms in total. The van der Waals surface area contributed by atoms with Crippen LogP contribution in [0.3, 0.4) is 0 Å². The van der Waals surface area contributed by atoms with Gasteiger partial charge >= 0.3 is 0 Å². The summed E-state index contributed by atoms with van der Waals surface area (Å²) in [5, 5.41) is 3.76. The first-order valence-electron chi connectivity index (χ1n) is 10.3. The van der Waals surface area contributed by atoms with Crippen LogP contribution in [0.1, 0.15) is 22.3 Å². The summed E-state index contributed by atoms with van der Waals surface area (Å²) in [6.45, 7) is 4.10. The molecule has 0 atom stereocenters. The Bertz CT molecular complexity index is 1220. The zero-order valence-electron chi connectivity index (χ0n) is 17.8. The van der Waals surface area contributed by atoms with Gasteiger partial charge in [-0.1, -0.05) is 48.0 Å². The van der Waals surface area contributed by atoms with Gasteiger partial charge in [-0.2, -0.15) is 0 Å². The molecule has 1 N–H and O–H groups in total. The largest absolute Gasteiger partial charge is 0.350 e. The summed E-state index contributed by atoms with van der Waals surface area (Å²) in [6, 6.07) is 18.8. The van der Waals surface area contributed by atoms with Crippen molar-refractivity contribution in [3.8, 4) is 0 Å². The highest BCUT2D eigenvalue weighted by atomic mass is 35.5. The fourth-order valence-corrected chi connectivity index (χ4v) is 3.80. The van der Waals surface area contributed by atoms with E-state index in [1.807, 2.05) is 32.0 Å². The van der Waals surface area contributed by atoms with Gasteiger partial charge in [0.25, 0.3) is 11.8 Å². The number of aryl methyl sites for hydroxylation is 2. The second-order valence-corrected chi connectivity index (χ2v) is 8.28. The average Bonchev–Trinajstić information content (AvgIpc) is 3.00. The van der Waals surface area contributed by atoms with Crippen molar-refractivity contribution in [3.63, 3.8) is 0 Å². The molecule has 3 aromatic carbocycles. The van der Waals surface area contributed by atoms with E-state index in [2.05, 4.69) is 5.32 Å². The molecule has 6 heteroatoms. The van der Waals surface area contributed by atoms with E-state index in [0.717, 1.165) is 22.4 Å². The molecule has 0 aromatic heterocycles. The van der Waals surface area contributed by atoms with Gasteiger partial charge in [-0.15, -0.1) is 0 Å². The summed E-state index contributed by atoms with van der Waals surface area (Å²) in [5.74, 6) is -1.08. The Morgan fingerprint density at radius 2 is 1.59 bits per heavy atom. The molecule has 0 spiro atoms. The minimum atomic E-state index is -0.386. The van der Waals surface area contributed by atoms with Crippen LogP contribution in [-0.2, 0) is 16.0 Å². The molecule has 0 saturated heterocycles. The van der Waals surface area contributed by atoms with Crippen LogP contribution in [0.4, 0.5) is 10.1 Å². The van der Waals surface area contributed by atoms with Crippen LogP contribution in [0, 0.1) is 19.7 Å². The summed E-state index contributed by atoms with van der Waals surface area (Å²) in [5.41, 5.74) is 4.78. The number of nitrogens with zero attached hydrogens (tertiary/aromatic N) is 1. The normalized spacial score (nSPS) is 13.8. The number of carbonyl (C=O) groups is 2. The molecule has 0 saturated carbocycles. The molecule has 0 bridgehead atoms. The first kappa shape index (κ1) is 21.8. The van der Waals surface area contributed by atoms with E-state index < -0.39 is 0 Å². The third-order valence-corrected chi connectivity index (χ3v) is 5.74. The lowest BCUT2D eigenvalue weighted by Crippen LogP contribution is -2.34. The maximum absolute atomic E-state index is 13.3. The first-order valence-corrected chi connectivity index (χ1v) is 10.7. The SMILES string of the molecule is Cc1ccc(C)c(NC2=C(c3ccc(Cl)cc3)C(=O)N(CCc3ccc(F)cc3)C2=O)c1. The summed E-state index contributed by atoms with van der Waals surface area (Å²) >= 11 is 6.02. The lowest BCUT2D eigenvalue weighted by molar-refractivity contribution is -0.136. The predicted molar refractivity (Wildman–Crippen MR) is 125 cm³/mol. The van der Waals surface area contributed by atoms with E-state index in [1.54, 1.807) is 36.4 Å². The quantitative estimate of drug-likeness (QED) is 0.504. The minimum absolute atomic E-state index is 0.193. The van der Waals surface area contributed by atoms with Gasteiger partial charge in [0.1, 0.15) is 11.5 Å². The van der Waals surface area contributed by atoms with Crippen LogP contribution >= 0.6 is 11.6 Å². The lowest BCUT2D eigenvalue weighted by Gasteiger charge is -2.16. The van der Waals surface area contributed by atoms with E-state index in [4.69, 9.17) is 11.6 Å². The molecule has 1 aliphatic heterocycles. The van der Waals surface area contributed by atoms with Crippen LogP contribution in [-0.4, -0.2) is 23.3 Å². The van der Waals surface area contributed by atoms with E-state index in [1.165, 1.54) is 17.0 Å². The van der Waals surface area contributed by atoms with Crippen molar-refractivity contribution in [1.29, 1.82) is 0 Å². The van der Waals surface area contributed by atoms with Gasteiger partial charge in [-0.25, -0.2) is 4.39 Å². The van der Waals surface area contributed by atoms with Crippen molar-refractivity contribution in [2.24, 2.45) is 0 Å². The molecule has 32 heavy (non-hydrogen) atoms. The summed E-state index contributed by atoms with van der Waals surface area (Å²) in [6.07, 6.45) is 0.433. The van der Waals surface area contributed by atoms with Crippen molar-refractivity contribution in [3.05, 3.63) is 106 Å². The van der Waals surface area contributed by atoms with Crippen molar-refractivity contribution >= 4 is 34.7 Å². The van der Waals surface area contributed by atoms with Crippen molar-refractivity contribution in [2.75, 3.05) is 11.9 Å². The third kappa shape index (κ3) is 4.43. The number of nitrogens with one attached hydrogen (secondary N) is 1. The Morgan fingerprint density at radius 1 is 0.906 bits per heavy atom. The third-order valence-electron chi connectivity index (χ3n) is 5.49. The molecule has 4 rings (SSSR count). The Hall–Kier alpha value is -3.44. The molecular weight excluding hydrogens is 427 g/mol. The summed E-state index contributed by atoms with van der Waals surface area (Å²) in [4.78, 5) is 27.9. The van der Waals surface area contributed by atoms with Crippen LogP contribution in [0.25, 0.3) is 5.57 Å². The number of anilines is 1. The topological polar surface area (TPSA) is 49.4 Å². The summed E-state index contributed by atoms with van der Waals surface area (Å²) in [7, 11) is 0. The Balaban J connectivity index is 1.68. The van der Waals surface area contributed by atoms with Crippen LogP contribution in [0.2, 0.25) is 5.02 Å². The molecule has 2 amide bonds. The van der Waals surface area contributed by atoms with Crippen LogP contribution in [0.15, 0.2) is 72.4 Å². The van der Waals surface area contributed by atoms with Gasteiger partial charge in [0.15, 0.2) is 0 Å². The number of rotatable bonds is 6. The Kier molecular flexibility index (Phi) is 6.10. The van der Waals surface area contributed by atoms with E-state index >= 15 is 0 Å². The van der Waals surface area contributed by atoms with Crippen molar-refractivity contribution < 1.29 is 14.0 Å². The maximum Gasteiger partial charge on any atom is 0.278 e. The monoisotopic (exact) mass is 448 g/mol. The fourth-order valence-electron chi connectivity index (χ4n) is 3.68. The highest BCUT2D eigenvalue weighted by Crippen LogP contribution is 2.32. The molecular formula is C26H22ClFN2O2. The zero-order valence-corrected chi connectivity index (χ0v) is 18.5. The van der Waals surface area contributed by atoms with E-state index in [0.29, 0.717) is 22.6 Å². The molecule has 1 aliphatic rings. The minimum Gasteiger partial charge on any atom is -0.350 e. The molecule has 0 aliphatic carbocycles. The van der Waals surface area contributed by atoms with E-state index in [9.17, 15) is 14.0 Å². The number of amides is 2. The Labute approximate surface area is 191 Å². The van der Waals surface area contributed by atoms with Gasteiger partial charge in [0, 0.05) is 17.3 Å². The lowest BCUT2D eigenvalue weighted by atomic mass is 10.0. The number of halogens is 2. The smallest absolute Gasteiger partial charge is 0.278 e. The highest BCUT2D eigenvalue weighted by Gasteiger charge is 2.39. The number of benzene rings is 3. The number of hydrogen-bond donors (Lipinski definition) is 1. The molecule has 0 fully saturated rings. The predicted octanol–water partition coefficient (Wildman–Crippen LogP) is 5.53. The molecule has 162 valence electrons. The molecule has 0 radical (unpaired) electrons. The fraction of sp³-hybridized carbons (Fsp3) is 0.154. The zero-order chi connectivity index (χ0) is 22.8. The number of carbonyl (C=O) groups excluding carboxylic acids is 2. The van der Waals surface area contributed by atoms with Gasteiger partial charge in [-0.3, -0.25) is 14.5 Å². The molecule has 0 unspecified atom stereocenters. The van der Waals surface area contributed by atoms with Gasteiger partial charge in [0.05, 0.1) is 5.57 Å². The van der Waals surface area contributed by atoms with Gasteiger partial charge < -0.3 is 5.32 Å². The second kappa shape index (κ2) is 8.97. The first-order chi connectivity index (χ1) is 15.3. The standard InChI is InChI=1S/C26H22ClFN2O2/c1-16-3-4-17(2)22(15-16)29-24-23(19-7-9-20(27)10-8-19)25(31)30(26(24)32)14-13-18-5-11-21(28)12-6-18/h3-12,15,29H,13-14H2,1-2H3. The van der Waals surface area contributed by atoms with Crippen LogP contribution < -0.4 is 5.32 Å². The second-order valence-electron chi connectivity index (χ2n) is 7.84. The highest BCUT2D eigenvalue weighted by molar-refractivity contribution is 6.37. The average molecular weight is 449 g/mol. The molecule has 1 heterocycles. The number of imide groups is 1. The van der Waals surface area contributed by atoms with Crippen molar-refractivity contribution in [1.82, 2.24) is 4.90 Å². The van der Waals surface area contributed by atoms with E-state index in [-0.39, 0.29) is 29.9 Å². The van der Waals surface area contributed by atoms with Gasteiger partial charge in [-0.05, 0) is 72.9 Å².